The fourth-order valence-corrected chi connectivity index (χ4v) is 2.77. The summed E-state index contributed by atoms with van der Waals surface area (Å²) >= 11 is 0. The molecule has 1 aromatic carbocycles. The van der Waals surface area contributed by atoms with Crippen LogP contribution in [0.15, 0.2) is 12.1 Å². The fraction of sp³-hybridized carbons (Fsp3) is 0.500. The second-order valence-electron chi connectivity index (χ2n) is 5.66. The minimum absolute atomic E-state index is 0.0567. The van der Waals surface area contributed by atoms with Crippen LogP contribution in [0.4, 0.5) is 0 Å². The lowest BCUT2D eigenvalue weighted by Gasteiger charge is -2.41. The first-order valence-corrected chi connectivity index (χ1v) is 7.18. The molecule has 1 aliphatic carbocycles. The van der Waals surface area contributed by atoms with E-state index in [-0.39, 0.29) is 12.3 Å². The predicted molar refractivity (Wildman–Crippen MR) is 80.6 cm³/mol. The molecule has 0 heterocycles. The number of methoxy groups -OCH3 is 2. The normalized spacial score (nSPS) is 15.6. The van der Waals surface area contributed by atoms with Gasteiger partial charge >= 0.3 is 5.97 Å². The molecule has 22 heavy (non-hydrogen) atoms. The van der Waals surface area contributed by atoms with E-state index in [0.717, 1.165) is 12.0 Å². The molecule has 0 radical (unpaired) electrons. The van der Waals surface area contributed by atoms with E-state index >= 15 is 0 Å². The Hall–Kier alpha value is -2.24. The molecule has 6 heteroatoms. The fourth-order valence-electron chi connectivity index (χ4n) is 2.77. The van der Waals surface area contributed by atoms with Crippen LogP contribution in [0.1, 0.15) is 41.6 Å². The first-order chi connectivity index (χ1) is 10.4. The molecule has 0 atom stereocenters. The number of amides is 1. The van der Waals surface area contributed by atoms with Crippen molar-refractivity contribution in [3.8, 4) is 11.5 Å². The number of carbonyl (C=O) groups is 2. The highest BCUT2D eigenvalue weighted by atomic mass is 16.5. The molecule has 120 valence electrons. The minimum Gasteiger partial charge on any atom is -0.496 e. The van der Waals surface area contributed by atoms with Crippen molar-refractivity contribution in [2.45, 2.75) is 38.1 Å². The summed E-state index contributed by atoms with van der Waals surface area (Å²) in [5.41, 5.74) is 0.579. The second kappa shape index (κ2) is 6.25. The maximum absolute atomic E-state index is 12.5. The summed E-state index contributed by atoms with van der Waals surface area (Å²) in [5, 5.41) is 11.9. The van der Waals surface area contributed by atoms with E-state index in [0.29, 0.717) is 29.9 Å². The summed E-state index contributed by atoms with van der Waals surface area (Å²) in [4.78, 5) is 23.4. The molecule has 0 saturated heterocycles. The van der Waals surface area contributed by atoms with Crippen LogP contribution in [0, 0.1) is 6.92 Å². The number of aliphatic carboxylic acids is 1. The molecule has 1 saturated carbocycles. The molecule has 1 amide bonds. The Morgan fingerprint density at radius 3 is 2.14 bits per heavy atom. The summed E-state index contributed by atoms with van der Waals surface area (Å²) in [7, 11) is 3.06. The number of carboxylic acid groups (broad SMARTS) is 1. The molecular formula is C16H21NO5. The van der Waals surface area contributed by atoms with Crippen LogP contribution < -0.4 is 14.8 Å². The third-order valence-electron chi connectivity index (χ3n) is 4.19. The zero-order valence-electron chi connectivity index (χ0n) is 13.1. The van der Waals surface area contributed by atoms with Crippen LogP contribution in [-0.4, -0.2) is 36.7 Å². The lowest BCUT2D eigenvalue weighted by molar-refractivity contribution is -0.139. The third kappa shape index (κ3) is 3.16. The van der Waals surface area contributed by atoms with Crippen LogP contribution in [0.3, 0.4) is 0 Å². The summed E-state index contributed by atoms with van der Waals surface area (Å²) in [6.07, 6.45) is 2.24. The standard InChI is InChI=1S/C16H21NO5/c1-10-12(21-2)7-11(8-13(10)22-3)15(20)17-16(5-4-6-16)9-14(18)19/h7-8H,4-6,9H2,1-3H3,(H,17,20)(H,18,19). The monoisotopic (exact) mass is 307 g/mol. The number of carboxylic acids is 1. The smallest absolute Gasteiger partial charge is 0.305 e. The van der Waals surface area contributed by atoms with Crippen molar-refractivity contribution in [2.24, 2.45) is 0 Å². The summed E-state index contributed by atoms with van der Waals surface area (Å²) in [6, 6.07) is 3.28. The van der Waals surface area contributed by atoms with Gasteiger partial charge in [-0.15, -0.1) is 0 Å². The van der Waals surface area contributed by atoms with Gasteiger partial charge in [0, 0.05) is 11.1 Å². The average Bonchev–Trinajstić information content (AvgIpc) is 2.44. The minimum atomic E-state index is -0.904. The number of hydrogen-bond acceptors (Lipinski definition) is 4. The molecule has 0 aromatic heterocycles. The number of nitrogens with one attached hydrogen (secondary N) is 1. The molecule has 2 rings (SSSR count). The topological polar surface area (TPSA) is 84.9 Å². The molecule has 1 aliphatic rings. The Bertz CT molecular complexity index is 567. The summed E-state index contributed by atoms with van der Waals surface area (Å²) < 4.78 is 10.5. The zero-order chi connectivity index (χ0) is 16.3. The maximum Gasteiger partial charge on any atom is 0.305 e. The molecule has 1 fully saturated rings. The van der Waals surface area contributed by atoms with Gasteiger partial charge in [-0.1, -0.05) is 0 Å². The molecule has 0 unspecified atom stereocenters. The quantitative estimate of drug-likeness (QED) is 0.841. The van der Waals surface area contributed by atoms with Gasteiger partial charge in [0.2, 0.25) is 0 Å². The van der Waals surface area contributed by atoms with E-state index in [1.165, 1.54) is 14.2 Å². The lowest BCUT2D eigenvalue weighted by atomic mass is 9.74. The van der Waals surface area contributed by atoms with Crippen molar-refractivity contribution in [2.75, 3.05) is 14.2 Å². The van der Waals surface area contributed by atoms with Gasteiger partial charge in [-0.3, -0.25) is 9.59 Å². The maximum atomic E-state index is 12.5. The van der Waals surface area contributed by atoms with E-state index < -0.39 is 11.5 Å². The van der Waals surface area contributed by atoms with Crippen LogP contribution in [0.2, 0.25) is 0 Å². The van der Waals surface area contributed by atoms with E-state index in [9.17, 15) is 9.59 Å². The Kier molecular flexibility index (Phi) is 4.59. The predicted octanol–water partition coefficient (Wildman–Crippen LogP) is 2.14. The van der Waals surface area contributed by atoms with Crippen molar-refractivity contribution in [3.63, 3.8) is 0 Å². The largest absolute Gasteiger partial charge is 0.496 e. The number of hydrogen-bond donors (Lipinski definition) is 2. The number of rotatable bonds is 6. The number of ether oxygens (including phenoxy) is 2. The lowest BCUT2D eigenvalue weighted by Crippen LogP contribution is -2.54. The Balaban J connectivity index is 2.24. The number of benzene rings is 1. The van der Waals surface area contributed by atoms with Crippen molar-refractivity contribution < 1.29 is 24.2 Å². The van der Waals surface area contributed by atoms with Crippen LogP contribution in [-0.2, 0) is 4.79 Å². The first-order valence-electron chi connectivity index (χ1n) is 7.18. The number of carbonyl (C=O) groups excluding carboxylic acids is 1. The SMILES string of the molecule is COc1cc(C(=O)NC2(CC(=O)O)CCC2)cc(OC)c1C. The Morgan fingerprint density at radius 2 is 1.77 bits per heavy atom. The van der Waals surface area contributed by atoms with Gasteiger partial charge < -0.3 is 19.9 Å². The molecular weight excluding hydrogens is 286 g/mol. The van der Waals surface area contributed by atoms with Gasteiger partial charge in [0.15, 0.2) is 0 Å². The Labute approximate surface area is 129 Å². The molecule has 0 bridgehead atoms. The highest BCUT2D eigenvalue weighted by Crippen LogP contribution is 2.36. The van der Waals surface area contributed by atoms with Crippen molar-refractivity contribution >= 4 is 11.9 Å². The van der Waals surface area contributed by atoms with Crippen molar-refractivity contribution in [3.05, 3.63) is 23.3 Å². The van der Waals surface area contributed by atoms with Gasteiger partial charge in [0.25, 0.3) is 5.91 Å². The molecule has 1 aromatic rings. The molecule has 2 N–H and O–H groups in total. The Morgan fingerprint density at radius 1 is 1.23 bits per heavy atom. The summed E-state index contributed by atoms with van der Waals surface area (Å²) in [5.74, 6) is -0.0904. The third-order valence-corrected chi connectivity index (χ3v) is 4.19. The molecule has 0 spiro atoms. The molecule has 6 nitrogen and oxygen atoms in total. The van der Waals surface area contributed by atoms with Crippen molar-refractivity contribution in [1.82, 2.24) is 5.32 Å². The van der Waals surface area contributed by atoms with E-state index in [4.69, 9.17) is 14.6 Å². The highest BCUT2D eigenvalue weighted by Gasteiger charge is 2.40. The highest BCUT2D eigenvalue weighted by molar-refractivity contribution is 5.96. The average molecular weight is 307 g/mol. The first kappa shape index (κ1) is 16.1. The van der Waals surface area contributed by atoms with Gasteiger partial charge in [0.1, 0.15) is 11.5 Å². The van der Waals surface area contributed by atoms with Crippen LogP contribution in [0.25, 0.3) is 0 Å². The summed E-state index contributed by atoms with van der Waals surface area (Å²) in [6.45, 7) is 1.84. The van der Waals surface area contributed by atoms with Crippen LogP contribution in [0.5, 0.6) is 11.5 Å². The second-order valence-corrected chi connectivity index (χ2v) is 5.66. The van der Waals surface area contributed by atoms with E-state index in [1.54, 1.807) is 12.1 Å². The van der Waals surface area contributed by atoms with Crippen LogP contribution >= 0.6 is 0 Å². The zero-order valence-corrected chi connectivity index (χ0v) is 13.1. The molecule has 0 aliphatic heterocycles. The van der Waals surface area contributed by atoms with Gasteiger partial charge in [-0.25, -0.2) is 0 Å². The van der Waals surface area contributed by atoms with Gasteiger partial charge in [-0.2, -0.15) is 0 Å². The van der Waals surface area contributed by atoms with Gasteiger partial charge in [-0.05, 0) is 38.3 Å². The van der Waals surface area contributed by atoms with E-state index in [1.807, 2.05) is 6.92 Å². The van der Waals surface area contributed by atoms with Crippen molar-refractivity contribution in [1.29, 1.82) is 0 Å². The van der Waals surface area contributed by atoms with E-state index in [2.05, 4.69) is 5.32 Å². The van der Waals surface area contributed by atoms with Gasteiger partial charge in [0.05, 0.1) is 26.2 Å².